The highest BCUT2D eigenvalue weighted by atomic mass is 32.2. The molecule has 1 atom stereocenters. The van der Waals surface area contributed by atoms with Gasteiger partial charge >= 0.3 is 5.91 Å². The molecule has 0 radical (unpaired) electrons. The summed E-state index contributed by atoms with van der Waals surface area (Å²) in [5.74, 6) is -0.0813. The van der Waals surface area contributed by atoms with E-state index in [2.05, 4.69) is 9.82 Å². The minimum Gasteiger partial charge on any atom is -0.459 e. The minimum atomic E-state index is -3.35. The van der Waals surface area contributed by atoms with Crippen LogP contribution in [0.3, 0.4) is 0 Å². The van der Waals surface area contributed by atoms with Crippen molar-refractivity contribution in [3.05, 3.63) is 89.4 Å². The summed E-state index contributed by atoms with van der Waals surface area (Å²) in [6.07, 6.45) is 3.10. The predicted molar refractivity (Wildman–Crippen MR) is 115 cm³/mol. The van der Waals surface area contributed by atoms with Crippen LogP contribution < -0.4 is 4.72 Å². The largest absolute Gasteiger partial charge is 0.459 e. The molecule has 1 N–H and O–H groups in total. The fourth-order valence-electron chi connectivity index (χ4n) is 3.47. The van der Waals surface area contributed by atoms with Crippen LogP contribution in [0.2, 0.25) is 0 Å². The van der Waals surface area contributed by atoms with Crippen LogP contribution in [0.1, 0.15) is 39.7 Å². The van der Waals surface area contributed by atoms with E-state index in [9.17, 15) is 13.2 Å². The van der Waals surface area contributed by atoms with Crippen LogP contribution in [0.4, 0.5) is 5.69 Å². The molecular formula is C22H21N3O4S. The first-order valence-corrected chi connectivity index (χ1v) is 11.3. The summed E-state index contributed by atoms with van der Waals surface area (Å²) in [6.45, 7) is 2.01. The monoisotopic (exact) mass is 423 g/mol. The van der Waals surface area contributed by atoms with Crippen LogP contribution in [-0.4, -0.2) is 31.3 Å². The molecule has 154 valence electrons. The maximum absolute atomic E-state index is 13.0. The Morgan fingerprint density at radius 2 is 1.90 bits per heavy atom. The van der Waals surface area contributed by atoms with Crippen molar-refractivity contribution in [1.82, 2.24) is 5.01 Å². The molecule has 3 aromatic rings. The topological polar surface area (TPSA) is 92.0 Å². The number of amides is 1. The molecule has 1 aromatic heterocycles. The first-order valence-electron chi connectivity index (χ1n) is 9.39. The van der Waals surface area contributed by atoms with Crippen molar-refractivity contribution >= 4 is 27.3 Å². The average molecular weight is 423 g/mol. The lowest BCUT2D eigenvalue weighted by Gasteiger charge is -2.21. The Bertz CT molecular complexity index is 1200. The third kappa shape index (κ3) is 4.28. The van der Waals surface area contributed by atoms with E-state index < -0.39 is 10.0 Å². The van der Waals surface area contributed by atoms with Crippen LogP contribution >= 0.6 is 0 Å². The quantitative estimate of drug-likeness (QED) is 0.673. The van der Waals surface area contributed by atoms with Crippen molar-refractivity contribution in [2.45, 2.75) is 19.4 Å². The molecule has 0 spiro atoms. The molecule has 0 bridgehead atoms. The van der Waals surface area contributed by atoms with Gasteiger partial charge in [-0.2, -0.15) is 5.10 Å². The van der Waals surface area contributed by atoms with Crippen molar-refractivity contribution in [2.75, 3.05) is 11.0 Å². The van der Waals surface area contributed by atoms with Crippen LogP contribution in [0.15, 0.2) is 76.4 Å². The standard InChI is InChI=1S/C22H21N3O4S/c1-15-5-3-6-17(13-15)20-14-19(23-25(20)22(26)21-7-4-12-29-21)16-8-10-18(11-9-16)24-30(2,27)28/h3-13,20,24H,14H2,1-2H3/t20-/m0/s1. The number of aryl methyl sites for hydroxylation is 1. The number of carbonyl (C=O) groups excluding carboxylic acids is 1. The number of nitrogens with zero attached hydrogens (tertiary/aromatic N) is 2. The zero-order valence-corrected chi connectivity index (χ0v) is 17.4. The highest BCUT2D eigenvalue weighted by molar-refractivity contribution is 7.92. The van der Waals surface area contributed by atoms with E-state index in [-0.39, 0.29) is 17.7 Å². The van der Waals surface area contributed by atoms with Gasteiger partial charge in [-0.05, 0) is 42.3 Å². The van der Waals surface area contributed by atoms with Gasteiger partial charge in [0.15, 0.2) is 5.76 Å². The van der Waals surface area contributed by atoms with Crippen molar-refractivity contribution in [3.8, 4) is 0 Å². The molecule has 0 unspecified atom stereocenters. The number of hydrogen-bond acceptors (Lipinski definition) is 5. The van der Waals surface area contributed by atoms with Crippen molar-refractivity contribution in [3.63, 3.8) is 0 Å². The van der Waals surface area contributed by atoms with Gasteiger partial charge in [-0.25, -0.2) is 13.4 Å². The summed E-state index contributed by atoms with van der Waals surface area (Å²) in [5.41, 5.74) is 4.12. The third-order valence-electron chi connectivity index (χ3n) is 4.80. The number of furan rings is 1. The SMILES string of the molecule is Cc1cccc([C@@H]2CC(c3ccc(NS(C)(=O)=O)cc3)=NN2C(=O)c2ccco2)c1. The van der Waals surface area contributed by atoms with Gasteiger partial charge in [-0.15, -0.1) is 0 Å². The van der Waals surface area contributed by atoms with Crippen molar-refractivity contribution < 1.29 is 17.6 Å². The van der Waals surface area contributed by atoms with E-state index in [1.54, 1.807) is 36.4 Å². The molecule has 1 amide bonds. The lowest BCUT2D eigenvalue weighted by molar-refractivity contribution is 0.0678. The van der Waals surface area contributed by atoms with E-state index >= 15 is 0 Å². The number of sulfonamides is 1. The van der Waals surface area contributed by atoms with Crippen molar-refractivity contribution in [1.29, 1.82) is 0 Å². The van der Waals surface area contributed by atoms with Crippen molar-refractivity contribution in [2.24, 2.45) is 5.10 Å². The number of nitrogens with one attached hydrogen (secondary N) is 1. The smallest absolute Gasteiger partial charge is 0.310 e. The van der Waals surface area contributed by atoms with Crippen LogP contribution in [0.5, 0.6) is 0 Å². The Morgan fingerprint density at radius 3 is 2.53 bits per heavy atom. The molecule has 0 fully saturated rings. The van der Waals surface area contributed by atoms with Gasteiger partial charge in [0.1, 0.15) is 0 Å². The normalized spacial score (nSPS) is 16.4. The molecule has 0 saturated carbocycles. The maximum atomic E-state index is 13.0. The third-order valence-corrected chi connectivity index (χ3v) is 5.41. The molecule has 1 aliphatic heterocycles. The number of benzene rings is 2. The lowest BCUT2D eigenvalue weighted by Crippen LogP contribution is -2.26. The highest BCUT2D eigenvalue weighted by Crippen LogP contribution is 2.34. The van der Waals surface area contributed by atoms with Gasteiger partial charge in [0.25, 0.3) is 0 Å². The van der Waals surface area contributed by atoms with Gasteiger partial charge in [0.2, 0.25) is 10.0 Å². The summed E-state index contributed by atoms with van der Waals surface area (Å²) in [4.78, 5) is 13.0. The zero-order chi connectivity index (χ0) is 21.3. The number of anilines is 1. The molecule has 30 heavy (non-hydrogen) atoms. The Balaban J connectivity index is 1.67. The molecule has 0 aliphatic carbocycles. The summed E-state index contributed by atoms with van der Waals surface area (Å²) in [5, 5.41) is 6.07. The van der Waals surface area contributed by atoms with Crippen LogP contribution in [0, 0.1) is 6.92 Å². The van der Waals surface area contributed by atoms with Gasteiger partial charge in [0, 0.05) is 12.1 Å². The summed E-state index contributed by atoms with van der Waals surface area (Å²) >= 11 is 0. The van der Waals surface area contributed by atoms with Crippen LogP contribution in [-0.2, 0) is 10.0 Å². The Morgan fingerprint density at radius 1 is 1.13 bits per heavy atom. The molecule has 1 aliphatic rings. The number of carbonyl (C=O) groups is 1. The van der Waals surface area contributed by atoms with E-state index in [0.29, 0.717) is 12.1 Å². The molecule has 4 rings (SSSR count). The first-order chi connectivity index (χ1) is 14.3. The van der Waals surface area contributed by atoms with Gasteiger partial charge in [0.05, 0.1) is 24.3 Å². The Kier molecular flexibility index (Phi) is 5.17. The Hall–Kier alpha value is -3.39. The van der Waals surface area contributed by atoms with Gasteiger partial charge < -0.3 is 4.42 Å². The van der Waals surface area contributed by atoms with Gasteiger partial charge in [-0.1, -0.05) is 42.0 Å². The highest BCUT2D eigenvalue weighted by Gasteiger charge is 2.34. The zero-order valence-electron chi connectivity index (χ0n) is 16.6. The summed E-state index contributed by atoms with van der Waals surface area (Å²) in [6, 6.07) is 18.0. The predicted octanol–water partition coefficient (Wildman–Crippen LogP) is 3.95. The second kappa shape index (κ2) is 7.79. The molecule has 8 heteroatoms. The van der Waals surface area contributed by atoms with E-state index in [1.165, 1.54) is 11.3 Å². The molecule has 7 nitrogen and oxygen atoms in total. The fraction of sp³-hybridized carbons (Fsp3) is 0.182. The molecule has 2 heterocycles. The van der Waals surface area contributed by atoms with Crippen LogP contribution in [0.25, 0.3) is 0 Å². The van der Waals surface area contributed by atoms with E-state index in [1.807, 2.05) is 31.2 Å². The number of rotatable bonds is 5. The second-order valence-electron chi connectivity index (χ2n) is 7.26. The lowest BCUT2D eigenvalue weighted by atomic mass is 9.97. The number of hydrogen-bond donors (Lipinski definition) is 1. The number of hydrazone groups is 1. The Labute approximate surface area is 175 Å². The first kappa shape index (κ1) is 19.9. The fourth-order valence-corrected chi connectivity index (χ4v) is 4.03. The molecule has 2 aromatic carbocycles. The average Bonchev–Trinajstić information content (AvgIpc) is 3.37. The van der Waals surface area contributed by atoms with Gasteiger partial charge in [-0.3, -0.25) is 9.52 Å². The summed E-state index contributed by atoms with van der Waals surface area (Å²) < 4.78 is 30.6. The molecular weight excluding hydrogens is 402 g/mol. The van der Waals surface area contributed by atoms with E-state index in [4.69, 9.17) is 4.42 Å². The molecule has 0 saturated heterocycles. The second-order valence-corrected chi connectivity index (χ2v) is 9.01. The van der Waals surface area contributed by atoms with E-state index in [0.717, 1.165) is 28.7 Å². The maximum Gasteiger partial charge on any atom is 0.310 e. The minimum absolute atomic E-state index is 0.227. The summed E-state index contributed by atoms with van der Waals surface area (Å²) in [7, 11) is -3.35.